The van der Waals surface area contributed by atoms with Crippen LogP contribution in [0.25, 0.3) is 0 Å². The molecular weight excluding hydrogens is 210 g/mol. The summed E-state index contributed by atoms with van der Waals surface area (Å²) in [7, 11) is 1.44. The molecule has 1 aromatic heterocycles. The molecule has 0 aliphatic rings. The first-order valence-corrected chi connectivity index (χ1v) is 4.97. The van der Waals surface area contributed by atoms with E-state index in [1.807, 2.05) is 18.2 Å². The van der Waals surface area contributed by atoms with Gasteiger partial charge in [0, 0.05) is 25.4 Å². The van der Waals surface area contributed by atoms with Crippen molar-refractivity contribution >= 4 is 5.97 Å². The molecule has 1 N–H and O–H groups in total. The molecule has 1 rings (SSSR count). The van der Waals surface area contributed by atoms with Crippen molar-refractivity contribution < 1.29 is 19.4 Å². The van der Waals surface area contributed by atoms with Gasteiger partial charge in [-0.1, -0.05) is 6.07 Å². The van der Waals surface area contributed by atoms with Gasteiger partial charge in [0.05, 0.1) is 13.2 Å². The van der Waals surface area contributed by atoms with Crippen LogP contribution in [0.15, 0.2) is 24.4 Å². The van der Waals surface area contributed by atoms with Gasteiger partial charge in [-0.15, -0.1) is 0 Å². The number of hydrogen-bond acceptors (Lipinski definition) is 4. The normalized spacial score (nSPS) is 12.3. The third kappa shape index (κ3) is 4.37. The largest absolute Gasteiger partial charge is 0.479 e. The van der Waals surface area contributed by atoms with E-state index in [0.717, 1.165) is 5.69 Å². The highest BCUT2D eigenvalue weighted by Crippen LogP contribution is 1.99. The number of ether oxygens (including phenoxy) is 2. The van der Waals surface area contributed by atoms with Gasteiger partial charge in [-0.05, 0) is 12.1 Å². The molecule has 0 spiro atoms. The zero-order valence-corrected chi connectivity index (χ0v) is 9.13. The van der Waals surface area contributed by atoms with Crippen molar-refractivity contribution in [2.45, 2.75) is 12.5 Å². The van der Waals surface area contributed by atoms with Crippen molar-refractivity contribution in [3.05, 3.63) is 30.1 Å². The van der Waals surface area contributed by atoms with Crippen molar-refractivity contribution in [3.63, 3.8) is 0 Å². The molecule has 0 saturated heterocycles. The smallest absolute Gasteiger partial charge is 0.335 e. The second-order valence-electron chi connectivity index (χ2n) is 3.22. The Hall–Kier alpha value is -1.46. The van der Waals surface area contributed by atoms with Crippen molar-refractivity contribution in [3.8, 4) is 0 Å². The van der Waals surface area contributed by atoms with E-state index in [-0.39, 0.29) is 6.61 Å². The third-order valence-corrected chi connectivity index (χ3v) is 2.00. The minimum Gasteiger partial charge on any atom is -0.479 e. The lowest BCUT2D eigenvalue weighted by molar-refractivity contribution is -0.153. The van der Waals surface area contributed by atoms with Crippen LogP contribution in [0, 0.1) is 0 Å². The maximum absolute atomic E-state index is 10.7. The summed E-state index contributed by atoms with van der Waals surface area (Å²) in [6.45, 7) is 0.370. The molecule has 5 nitrogen and oxygen atoms in total. The Morgan fingerprint density at radius 2 is 2.38 bits per heavy atom. The number of carboxylic acid groups (broad SMARTS) is 1. The van der Waals surface area contributed by atoms with Crippen molar-refractivity contribution in [2.75, 3.05) is 20.3 Å². The summed E-state index contributed by atoms with van der Waals surface area (Å²) in [6.07, 6.45) is 1.38. The highest BCUT2D eigenvalue weighted by atomic mass is 16.5. The minimum absolute atomic E-state index is 0.0531. The molecule has 0 amide bonds. The first kappa shape index (κ1) is 12.6. The fourth-order valence-corrected chi connectivity index (χ4v) is 1.19. The molecule has 0 aliphatic carbocycles. The Morgan fingerprint density at radius 1 is 1.56 bits per heavy atom. The van der Waals surface area contributed by atoms with Gasteiger partial charge in [0.1, 0.15) is 0 Å². The number of carbonyl (C=O) groups is 1. The number of aromatic nitrogens is 1. The number of pyridine rings is 1. The van der Waals surface area contributed by atoms with Gasteiger partial charge in [0.15, 0.2) is 6.10 Å². The van der Waals surface area contributed by atoms with E-state index in [2.05, 4.69) is 4.98 Å². The van der Waals surface area contributed by atoms with Gasteiger partial charge in [-0.25, -0.2) is 4.79 Å². The Kier molecular flexibility index (Phi) is 5.45. The van der Waals surface area contributed by atoms with E-state index in [9.17, 15) is 4.79 Å². The third-order valence-electron chi connectivity index (χ3n) is 2.00. The molecule has 0 radical (unpaired) electrons. The minimum atomic E-state index is -1.01. The predicted octanol–water partition coefficient (Wildman–Crippen LogP) is 0.740. The van der Waals surface area contributed by atoms with E-state index in [1.165, 1.54) is 7.11 Å². The fourth-order valence-electron chi connectivity index (χ4n) is 1.19. The topological polar surface area (TPSA) is 68.7 Å². The maximum Gasteiger partial charge on any atom is 0.335 e. The average molecular weight is 225 g/mol. The van der Waals surface area contributed by atoms with Gasteiger partial charge in [-0.2, -0.15) is 0 Å². The highest BCUT2D eigenvalue weighted by Gasteiger charge is 2.17. The molecular formula is C11H15NO4. The van der Waals surface area contributed by atoms with E-state index >= 15 is 0 Å². The number of aliphatic carboxylic acids is 1. The molecule has 0 aliphatic heterocycles. The monoisotopic (exact) mass is 225 g/mol. The molecule has 1 aromatic rings. The Bertz CT molecular complexity index is 315. The first-order chi connectivity index (χ1) is 7.74. The van der Waals surface area contributed by atoms with Gasteiger partial charge >= 0.3 is 5.97 Å². The summed E-state index contributed by atoms with van der Waals surface area (Å²) in [4.78, 5) is 14.8. The van der Waals surface area contributed by atoms with Crippen LogP contribution in [0.4, 0.5) is 0 Å². The zero-order valence-electron chi connectivity index (χ0n) is 9.13. The summed E-state index contributed by atoms with van der Waals surface area (Å²) in [5.74, 6) is -1.01. The van der Waals surface area contributed by atoms with Crippen LogP contribution in [-0.4, -0.2) is 42.5 Å². The SMILES string of the molecule is COCC(OCCc1ccccn1)C(=O)O. The van der Waals surface area contributed by atoms with Crippen molar-refractivity contribution in [1.29, 1.82) is 0 Å². The fraction of sp³-hybridized carbons (Fsp3) is 0.455. The van der Waals surface area contributed by atoms with E-state index in [1.54, 1.807) is 6.20 Å². The first-order valence-electron chi connectivity index (χ1n) is 4.97. The van der Waals surface area contributed by atoms with Crippen LogP contribution >= 0.6 is 0 Å². The summed E-state index contributed by atoms with van der Waals surface area (Å²) in [6, 6.07) is 5.58. The molecule has 16 heavy (non-hydrogen) atoms. The second kappa shape index (κ2) is 6.92. The van der Waals surface area contributed by atoms with Crippen LogP contribution < -0.4 is 0 Å². The van der Waals surface area contributed by atoms with Crippen LogP contribution in [0.5, 0.6) is 0 Å². The average Bonchev–Trinajstić information content (AvgIpc) is 2.29. The number of nitrogens with zero attached hydrogens (tertiary/aromatic N) is 1. The Morgan fingerprint density at radius 3 is 2.94 bits per heavy atom. The predicted molar refractivity (Wildman–Crippen MR) is 57.2 cm³/mol. The highest BCUT2D eigenvalue weighted by molar-refractivity contribution is 5.72. The molecule has 88 valence electrons. The lowest BCUT2D eigenvalue weighted by atomic mass is 10.3. The maximum atomic E-state index is 10.7. The Labute approximate surface area is 94.0 Å². The number of rotatable bonds is 7. The van der Waals surface area contributed by atoms with Crippen LogP contribution in [0.2, 0.25) is 0 Å². The molecule has 5 heteroatoms. The van der Waals surface area contributed by atoms with Crippen molar-refractivity contribution in [1.82, 2.24) is 4.98 Å². The molecule has 1 atom stereocenters. The second-order valence-corrected chi connectivity index (χ2v) is 3.22. The number of carboxylic acids is 1. The standard InChI is InChI=1S/C11H15NO4/c1-15-8-10(11(13)14)16-7-5-9-4-2-3-6-12-9/h2-4,6,10H,5,7-8H2,1H3,(H,13,14). The van der Waals surface area contributed by atoms with Crippen molar-refractivity contribution in [2.24, 2.45) is 0 Å². The molecule has 0 aromatic carbocycles. The lowest BCUT2D eigenvalue weighted by Gasteiger charge is -2.12. The van der Waals surface area contributed by atoms with Gasteiger partial charge in [0.25, 0.3) is 0 Å². The van der Waals surface area contributed by atoms with Gasteiger partial charge in [0.2, 0.25) is 0 Å². The molecule has 0 saturated carbocycles. The number of hydrogen-bond donors (Lipinski definition) is 1. The van der Waals surface area contributed by atoms with E-state index in [4.69, 9.17) is 14.6 Å². The van der Waals surface area contributed by atoms with Gasteiger partial charge < -0.3 is 14.6 Å². The molecule has 0 fully saturated rings. The van der Waals surface area contributed by atoms with Crippen LogP contribution in [0.3, 0.4) is 0 Å². The summed E-state index contributed by atoms with van der Waals surface area (Å²) in [5.41, 5.74) is 0.879. The number of methoxy groups -OCH3 is 1. The summed E-state index contributed by atoms with van der Waals surface area (Å²) in [5, 5.41) is 8.78. The summed E-state index contributed by atoms with van der Waals surface area (Å²) < 4.78 is 9.93. The van der Waals surface area contributed by atoms with Crippen LogP contribution in [0.1, 0.15) is 5.69 Å². The molecule has 1 unspecified atom stereocenters. The zero-order chi connectivity index (χ0) is 11.8. The van der Waals surface area contributed by atoms with Gasteiger partial charge in [-0.3, -0.25) is 4.98 Å². The molecule has 1 heterocycles. The van der Waals surface area contributed by atoms with E-state index in [0.29, 0.717) is 13.0 Å². The summed E-state index contributed by atoms with van der Waals surface area (Å²) >= 11 is 0. The molecule has 0 bridgehead atoms. The quantitative estimate of drug-likeness (QED) is 0.741. The van der Waals surface area contributed by atoms with E-state index < -0.39 is 12.1 Å². The lowest BCUT2D eigenvalue weighted by Crippen LogP contribution is -2.29. The van der Waals surface area contributed by atoms with Crippen LogP contribution in [-0.2, 0) is 20.7 Å². The Balaban J connectivity index is 2.31.